The number of nitrogens with zero attached hydrogens (tertiary/aromatic N) is 4. The zero-order valence-electron chi connectivity index (χ0n) is 15.9. The lowest BCUT2D eigenvalue weighted by Gasteiger charge is -2.31. The lowest BCUT2D eigenvalue weighted by Crippen LogP contribution is -2.40. The van der Waals surface area contributed by atoms with E-state index >= 15 is 0 Å². The van der Waals surface area contributed by atoms with E-state index < -0.39 is 0 Å². The van der Waals surface area contributed by atoms with Crippen LogP contribution in [-0.2, 0) is 4.79 Å². The molecule has 0 aliphatic carbocycles. The molecule has 2 aromatic heterocycles. The van der Waals surface area contributed by atoms with Gasteiger partial charge in [-0.1, -0.05) is 22.9 Å². The summed E-state index contributed by atoms with van der Waals surface area (Å²) < 4.78 is 2.11. The topological polar surface area (TPSA) is 63.1 Å². The molecule has 1 atom stereocenters. The van der Waals surface area contributed by atoms with Crippen molar-refractivity contribution in [2.24, 2.45) is 5.92 Å². The van der Waals surface area contributed by atoms with E-state index in [1.165, 1.54) is 0 Å². The fourth-order valence-corrected chi connectivity index (χ4v) is 4.67. The fraction of sp³-hybridized carbons (Fsp3) is 0.350. The molecule has 4 rings (SSSR count). The molecule has 0 spiro atoms. The summed E-state index contributed by atoms with van der Waals surface area (Å²) in [4.78, 5) is 14.9. The lowest BCUT2D eigenvalue weighted by molar-refractivity contribution is -0.120. The van der Waals surface area contributed by atoms with Crippen LogP contribution in [0.4, 0.5) is 10.8 Å². The molecule has 0 radical (unpaired) electrons. The number of halogens is 1. The van der Waals surface area contributed by atoms with Gasteiger partial charge in [0.15, 0.2) is 0 Å². The number of amides is 1. The molecular formula is C20H22ClN5OS. The maximum atomic E-state index is 12.7. The molecule has 3 aromatic rings. The van der Waals surface area contributed by atoms with E-state index in [4.69, 9.17) is 11.6 Å². The SMILES string of the molecule is Cc1ccc(C)n1-c1nnc(N2CCC[C@@H](C(=O)Nc3ccc(Cl)cc3)C2)s1. The number of aromatic nitrogens is 3. The molecule has 1 amide bonds. The molecule has 0 saturated carbocycles. The van der Waals surface area contributed by atoms with Gasteiger partial charge in [-0.2, -0.15) is 0 Å². The Morgan fingerprint density at radius 1 is 1.11 bits per heavy atom. The van der Waals surface area contributed by atoms with E-state index in [0.29, 0.717) is 11.6 Å². The zero-order valence-corrected chi connectivity index (χ0v) is 17.4. The summed E-state index contributed by atoms with van der Waals surface area (Å²) in [6.45, 7) is 5.67. The largest absolute Gasteiger partial charge is 0.346 e. The molecule has 6 nitrogen and oxygen atoms in total. The van der Waals surface area contributed by atoms with Crippen LogP contribution in [0.5, 0.6) is 0 Å². The molecule has 1 aliphatic heterocycles. The Kier molecular flexibility index (Phi) is 5.37. The molecule has 1 N–H and O–H groups in total. The highest BCUT2D eigenvalue weighted by Gasteiger charge is 2.28. The molecule has 8 heteroatoms. The minimum atomic E-state index is -0.0770. The molecule has 3 heterocycles. The average molecular weight is 416 g/mol. The zero-order chi connectivity index (χ0) is 19.7. The van der Waals surface area contributed by atoms with Crippen LogP contribution >= 0.6 is 22.9 Å². The Bertz CT molecular complexity index is 961. The van der Waals surface area contributed by atoms with Crippen LogP contribution in [0.15, 0.2) is 36.4 Å². The first-order valence-electron chi connectivity index (χ1n) is 9.31. The second-order valence-electron chi connectivity index (χ2n) is 7.10. The number of hydrogen-bond acceptors (Lipinski definition) is 5. The van der Waals surface area contributed by atoms with Gasteiger partial charge in [0, 0.05) is 35.2 Å². The summed E-state index contributed by atoms with van der Waals surface area (Å²) >= 11 is 7.47. The van der Waals surface area contributed by atoms with Gasteiger partial charge < -0.3 is 10.2 Å². The first kappa shape index (κ1) is 19.0. The van der Waals surface area contributed by atoms with Crippen LogP contribution < -0.4 is 10.2 Å². The maximum absolute atomic E-state index is 12.7. The van der Waals surface area contributed by atoms with E-state index in [1.54, 1.807) is 23.5 Å². The minimum Gasteiger partial charge on any atom is -0.346 e. The normalized spacial score (nSPS) is 17.0. The third kappa shape index (κ3) is 3.91. The average Bonchev–Trinajstić information content (AvgIpc) is 3.30. The highest BCUT2D eigenvalue weighted by molar-refractivity contribution is 7.17. The van der Waals surface area contributed by atoms with Crippen molar-refractivity contribution in [3.05, 3.63) is 52.8 Å². The van der Waals surface area contributed by atoms with Gasteiger partial charge in [-0.15, -0.1) is 10.2 Å². The number of benzene rings is 1. The number of carbonyl (C=O) groups excluding carboxylic acids is 1. The molecule has 0 unspecified atom stereocenters. The summed E-state index contributed by atoms with van der Waals surface area (Å²) in [7, 11) is 0. The molecule has 1 aliphatic rings. The van der Waals surface area contributed by atoms with E-state index in [0.717, 1.165) is 46.7 Å². The molecule has 1 fully saturated rings. The molecule has 146 valence electrons. The smallest absolute Gasteiger partial charge is 0.229 e. The first-order valence-corrected chi connectivity index (χ1v) is 10.5. The van der Waals surface area contributed by atoms with Crippen molar-refractivity contribution in [1.82, 2.24) is 14.8 Å². The Morgan fingerprint density at radius 3 is 2.50 bits per heavy atom. The maximum Gasteiger partial charge on any atom is 0.229 e. The van der Waals surface area contributed by atoms with Gasteiger partial charge in [-0.3, -0.25) is 9.36 Å². The Hall–Kier alpha value is -2.38. The number of carbonyl (C=O) groups is 1. The number of aryl methyl sites for hydroxylation is 2. The predicted octanol–water partition coefficient (Wildman–Crippen LogP) is 4.45. The lowest BCUT2D eigenvalue weighted by atomic mass is 9.97. The third-order valence-electron chi connectivity index (χ3n) is 5.04. The van der Waals surface area contributed by atoms with E-state index in [9.17, 15) is 4.79 Å². The highest BCUT2D eigenvalue weighted by Crippen LogP contribution is 2.29. The van der Waals surface area contributed by atoms with Crippen molar-refractivity contribution < 1.29 is 4.79 Å². The van der Waals surface area contributed by atoms with E-state index in [2.05, 4.69) is 51.0 Å². The van der Waals surface area contributed by atoms with Crippen molar-refractivity contribution in [3.63, 3.8) is 0 Å². The molecule has 1 aromatic carbocycles. The first-order chi connectivity index (χ1) is 13.5. The Labute approximate surface area is 173 Å². The molecule has 1 saturated heterocycles. The third-order valence-corrected chi connectivity index (χ3v) is 6.26. The van der Waals surface area contributed by atoms with Crippen LogP contribution in [0.25, 0.3) is 5.13 Å². The summed E-state index contributed by atoms with van der Waals surface area (Å²) in [6.07, 6.45) is 1.83. The highest BCUT2D eigenvalue weighted by atomic mass is 35.5. The van der Waals surface area contributed by atoms with Crippen LogP contribution in [0.3, 0.4) is 0 Å². The second kappa shape index (κ2) is 7.93. The number of anilines is 2. The predicted molar refractivity (Wildman–Crippen MR) is 114 cm³/mol. The monoisotopic (exact) mass is 415 g/mol. The van der Waals surface area contributed by atoms with Crippen molar-refractivity contribution in [2.45, 2.75) is 26.7 Å². The van der Waals surface area contributed by atoms with Gasteiger partial charge in [-0.25, -0.2) is 0 Å². The van der Waals surface area contributed by atoms with Crippen molar-refractivity contribution in [2.75, 3.05) is 23.3 Å². The summed E-state index contributed by atoms with van der Waals surface area (Å²) in [5, 5.41) is 14.1. The summed E-state index contributed by atoms with van der Waals surface area (Å²) in [6, 6.07) is 11.3. The van der Waals surface area contributed by atoms with Crippen LogP contribution in [0, 0.1) is 19.8 Å². The van der Waals surface area contributed by atoms with Crippen molar-refractivity contribution in [3.8, 4) is 5.13 Å². The fourth-order valence-electron chi connectivity index (χ4n) is 3.54. The van der Waals surface area contributed by atoms with Crippen LogP contribution in [0.1, 0.15) is 24.2 Å². The standard InChI is InChI=1S/C20H22ClN5OS/c1-13-5-6-14(2)26(13)20-24-23-19(28-20)25-11-3-4-15(12-25)18(27)22-17-9-7-16(21)8-10-17/h5-10,15H,3-4,11-12H2,1-2H3,(H,22,27)/t15-/m1/s1. The number of rotatable bonds is 4. The molecule has 28 heavy (non-hydrogen) atoms. The van der Waals surface area contributed by atoms with Gasteiger partial charge in [0.1, 0.15) is 0 Å². The number of piperidine rings is 1. The van der Waals surface area contributed by atoms with Crippen LogP contribution in [-0.4, -0.2) is 33.8 Å². The van der Waals surface area contributed by atoms with Gasteiger partial charge >= 0.3 is 0 Å². The molecular weight excluding hydrogens is 394 g/mol. The summed E-state index contributed by atoms with van der Waals surface area (Å²) in [5.74, 6) is -0.0410. The quantitative estimate of drug-likeness (QED) is 0.683. The van der Waals surface area contributed by atoms with E-state index in [1.807, 2.05) is 12.1 Å². The van der Waals surface area contributed by atoms with Crippen LogP contribution in [0.2, 0.25) is 5.02 Å². The second-order valence-corrected chi connectivity index (χ2v) is 8.47. The van der Waals surface area contributed by atoms with Gasteiger partial charge in [0.25, 0.3) is 0 Å². The van der Waals surface area contributed by atoms with Gasteiger partial charge in [-0.05, 0) is 63.1 Å². The van der Waals surface area contributed by atoms with Gasteiger partial charge in [0.2, 0.25) is 16.2 Å². The Morgan fingerprint density at radius 2 is 1.79 bits per heavy atom. The molecule has 0 bridgehead atoms. The summed E-state index contributed by atoms with van der Waals surface area (Å²) in [5.41, 5.74) is 3.04. The number of nitrogens with one attached hydrogen (secondary N) is 1. The van der Waals surface area contributed by atoms with Crippen molar-refractivity contribution >= 4 is 39.7 Å². The van der Waals surface area contributed by atoms with Gasteiger partial charge in [0.05, 0.1) is 5.92 Å². The van der Waals surface area contributed by atoms with E-state index in [-0.39, 0.29) is 11.8 Å². The van der Waals surface area contributed by atoms with Crippen molar-refractivity contribution in [1.29, 1.82) is 0 Å². The Balaban J connectivity index is 1.45. The number of hydrogen-bond donors (Lipinski definition) is 1. The minimum absolute atomic E-state index is 0.0360.